The summed E-state index contributed by atoms with van der Waals surface area (Å²) in [5.41, 5.74) is 0. The summed E-state index contributed by atoms with van der Waals surface area (Å²) >= 11 is 0. The van der Waals surface area contributed by atoms with Crippen LogP contribution in [0.2, 0.25) is 0 Å². The van der Waals surface area contributed by atoms with Gasteiger partial charge in [0.15, 0.2) is 0 Å². The maximum atomic E-state index is 12.5. The molecule has 1 amide bonds. The molecule has 1 aliphatic carbocycles. The van der Waals surface area contributed by atoms with E-state index in [2.05, 4.69) is 6.92 Å². The van der Waals surface area contributed by atoms with Crippen LogP contribution in [0.3, 0.4) is 0 Å². The second kappa shape index (κ2) is 5.90. The molecule has 2 unspecified atom stereocenters. The van der Waals surface area contributed by atoms with Gasteiger partial charge >= 0.3 is 5.97 Å². The van der Waals surface area contributed by atoms with Crippen molar-refractivity contribution in [3.8, 4) is 0 Å². The van der Waals surface area contributed by atoms with Gasteiger partial charge in [0.25, 0.3) is 0 Å². The summed E-state index contributed by atoms with van der Waals surface area (Å²) in [4.78, 5) is 25.6. The molecular formula is C14H23NO4. The molecule has 5 heteroatoms. The van der Waals surface area contributed by atoms with Gasteiger partial charge in [-0.1, -0.05) is 13.3 Å². The van der Waals surface area contributed by atoms with Crippen LogP contribution in [0.4, 0.5) is 0 Å². The Morgan fingerprint density at radius 3 is 2.53 bits per heavy atom. The molecule has 0 aromatic rings. The summed E-state index contributed by atoms with van der Waals surface area (Å²) < 4.78 is 5.30. The Morgan fingerprint density at radius 2 is 2.00 bits per heavy atom. The molecule has 1 aliphatic heterocycles. The van der Waals surface area contributed by atoms with E-state index in [0.29, 0.717) is 32.0 Å². The van der Waals surface area contributed by atoms with E-state index in [-0.39, 0.29) is 17.9 Å². The number of carbonyl (C=O) groups excluding carboxylic acids is 1. The average Bonchev–Trinajstić information content (AvgIpc) is 3.05. The molecule has 2 fully saturated rings. The summed E-state index contributed by atoms with van der Waals surface area (Å²) in [6, 6.07) is 0.114. The molecule has 0 aromatic carbocycles. The number of carboxylic acid groups (broad SMARTS) is 1. The van der Waals surface area contributed by atoms with E-state index >= 15 is 0 Å². The molecule has 0 bridgehead atoms. The highest BCUT2D eigenvalue weighted by atomic mass is 16.5. The monoisotopic (exact) mass is 269 g/mol. The third-order valence-corrected chi connectivity index (χ3v) is 4.67. The van der Waals surface area contributed by atoms with Crippen molar-refractivity contribution >= 4 is 11.9 Å². The van der Waals surface area contributed by atoms with Crippen molar-refractivity contribution in [3.05, 3.63) is 0 Å². The van der Waals surface area contributed by atoms with Gasteiger partial charge in [-0.3, -0.25) is 9.59 Å². The minimum absolute atomic E-state index is 0.0150. The van der Waals surface area contributed by atoms with Crippen molar-refractivity contribution in [2.45, 2.75) is 38.6 Å². The van der Waals surface area contributed by atoms with Crippen LogP contribution in [-0.4, -0.2) is 48.2 Å². The zero-order chi connectivity index (χ0) is 14.0. The van der Waals surface area contributed by atoms with Crippen LogP contribution in [-0.2, 0) is 14.3 Å². The Morgan fingerprint density at radius 1 is 1.32 bits per heavy atom. The van der Waals surface area contributed by atoms with Crippen molar-refractivity contribution in [1.29, 1.82) is 0 Å². The van der Waals surface area contributed by atoms with E-state index in [1.54, 1.807) is 11.9 Å². The number of hydrogen-bond donors (Lipinski definition) is 1. The lowest BCUT2D eigenvalue weighted by atomic mass is 9.94. The summed E-state index contributed by atoms with van der Waals surface area (Å²) in [5.74, 6) is -1.34. The van der Waals surface area contributed by atoms with Gasteiger partial charge in [0.2, 0.25) is 5.91 Å². The van der Waals surface area contributed by atoms with Gasteiger partial charge in [-0.25, -0.2) is 0 Å². The van der Waals surface area contributed by atoms with Gasteiger partial charge in [0, 0.05) is 13.7 Å². The molecule has 0 radical (unpaired) electrons. The number of ether oxygens (including phenoxy) is 1. The summed E-state index contributed by atoms with van der Waals surface area (Å²) in [6.07, 6.45) is 3.15. The molecule has 108 valence electrons. The first-order valence-corrected chi connectivity index (χ1v) is 7.11. The van der Waals surface area contributed by atoms with Gasteiger partial charge in [0.1, 0.15) is 0 Å². The number of nitrogens with zero attached hydrogens (tertiary/aromatic N) is 1. The molecule has 5 nitrogen and oxygen atoms in total. The Bertz CT molecular complexity index is 351. The van der Waals surface area contributed by atoms with Gasteiger partial charge < -0.3 is 14.7 Å². The second-order valence-electron chi connectivity index (χ2n) is 5.76. The fourth-order valence-corrected chi connectivity index (χ4v) is 3.29. The number of aliphatic carboxylic acids is 1. The summed E-state index contributed by atoms with van der Waals surface area (Å²) in [7, 11) is 1.78. The maximum Gasteiger partial charge on any atom is 0.307 e. The van der Waals surface area contributed by atoms with Crippen LogP contribution in [0.1, 0.15) is 32.6 Å². The Balaban J connectivity index is 2.05. The Kier molecular flexibility index (Phi) is 4.45. The van der Waals surface area contributed by atoms with Gasteiger partial charge in [-0.15, -0.1) is 0 Å². The van der Waals surface area contributed by atoms with Crippen LogP contribution in [0.25, 0.3) is 0 Å². The normalized spacial score (nSPS) is 34.4. The minimum atomic E-state index is -0.828. The molecule has 1 N–H and O–H groups in total. The van der Waals surface area contributed by atoms with Crippen LogP contribution >= 0.6 is 0 Å². The molecule has 2 aliphatic rings. The quantitative estimate of drug-likeness (QED) is 0.837. The molecule has 1 heterocycles. The van der Waals surface area contributed by atoms with E-state index in [4.69, 9.17) is 4.74 Å². The van der Waals surface area contributed by atoms with E-state index in [1.165, 1.54) is 0 Å². The minimum Gasteiger partial charge on any atom is -0.481 e. The lowest BCUT2D eigenvalue weighted by Gasteiger charge is -2.27. The Labute approximate surface area is 113 Å². The number of hydrogen-bond acceptors (Lipinski definition) is 3. The first-order chi connectivity index (χ1) is 9.04. The number of carbonyl (C=O) groups is 2. The first-order valence-electron chi connectivity index (χ1n) is 7.11. The van der Waals surface area contributed by atoms with E-state index in [0.717, 1.165) is 12.8 Å². The smallest absolute Gasteiger partial charge is 0.307 e. The zero-order valence-electron chi connectivity index (χ0n) is 11.7. The summed E-state index contributed by atoms with van der Waals surface area (Å²) in [5, 5.41) is 9.30. The zero-order valence-corrected chi connectivity index (χ0v) is 11.7. The molecule has 0 spiro atoms. The van der Waals surface area contributed by atoms with Crippen LogP contribution in [0, 0.1) is 17.8 Å². The number of likely N-dealkylation sites (N-methyl/N-ethyl adjacent to an activating group) is 1. The van der Waals surface area contributed by atoms with Gasteiger partial charge in [-0.05, 0) is 25.2 Å². The third-order valence-electron chi connectivity index (χ3n) is 4.67. The van der Waals surface area contributed by atoms with Crippen LogP contribution < -0.4 is 0 Å². The van der Waals surface area contributed by atoms with Gasteiger partial charge in [-0.2, -0.15) is 0 Å². The van der Waals surface area contributed by atoms with E-state index in [9.17, 15) is 14.7 Å². The van der Waals surface area contributed by atoms with Crippen LogP contribution in [0.5, 0.6) is 0 Å². The third kappa shape index (κ3) is 2.91. The molecule has 2 rings (SSSR count). The standard InChI is InChI=1S/C14H23NO4/c1-3-9-6-11(12(7-9)14(17)18)13(16)15(2)10-4-5-19-8-10/h9-12H,3-8H2,1-2H3,(H,17,18)/t9?,10?,11-,12+/m0/s1. The lowest BCUT2D eigenvalue weighted by Crippen LogP contribution is -2.43. The van der Waals surface area contributed by atoms with E-state index < -0.39 is 11.9 Å². The fraction of sp³-hybridized carbons (Fsp3) is 0.857. The average molecular weight is 269 g/mol. The second-order valence-corrected chi connectivity index (χ2v) is 5.76. The van der Waals surface area contributed by atoms with Crippen LogP contribution in [0.15, 0.2) is 0 Å². The molecule has 1 saturated heterocycles. The number of amides is 1. The number of carboxylic acids is 1. The maximum absolute atomic E-state index is 12.5. The Hall–Kier alpha value is -1.10. The largest absolute Gasteiger partial charge is 0.481 e. The highest BCUT2D eigenvalue weighted by Crippen LogP contribution is 2.39. The summed E-state index contributed by atoms with van der Waals surface area (Å²) in [6.45, 7) is 3.32. The molecule has 19 heavy (non-hydrogen) atoms. The lowest BCUT2D eigenvalue weighted by molar-refractivity contribution is -0.149. The predicted molar refractivity (Wildman–Crippen MR) is 69.6 cm³/mol. The highest BCUT2D eigenvalue weighted by Gasteiger charge is 2.44. The number of rotatable bonds is 4. The van der Waals surface area contributed by atoms with Gasteiger partial charge in [0.05, 0.1) is 24.5 Å². The van der Waals surface area contributed by atoms with Crippen molar-refractivity contribution in [3.63, 3.8) is 0 Å². The molecule has 4 atom stereocenters. The predicted octanol–water partition coefficient (Wildman–Crippen LogP) is 1.37. The molecule has 0 aromatic heterocycles. The fourth-order valence-electron chi connectivity index (χ4n) is 3.29. The molecular weight excluding hydrogens is 246 g/mol. The highest BCUT2D eigenvalue weighted by molar-refractivity contribution is 5.85. The first kappa shape index (κ1) is 14.3. The molecule has 1 saturated carbocycles. The van der Waals surface area contributed by atoms with Crippen molar-refractivity contribution in [2.75, 3.05) is 20.3 Å². The van der Waals surface area contributed by atoms with Crippen molar-refractivity contribution < 1.29 is 19.4 Å². The van der Waals surface area contributed by atoms with E-state index in [1.807, 2.05) is 0 Å². The SMILES string of the molecule is CCC1C[C@H](C(=O)N(C)C2CCOC2)[C@H](C(=O)O)C1. The van der Waals surface area contributed by atoms with Crippen molar-refractivity contribution in [2.24, 2.45) is 17.8 Å². The topological polar surface area (TPSA) is 66.8 Å². The van der Waals surface area contributed by atoms with Crippen molar-refractivity contribution in [1.82, 2.24) is 4.90 Å².